The Morgan fingerprint density at radius 3 is 2.30 bits per heavy atom. The fourth-order valence-corrected chi connectivity index (χ4v) is 3.15. The smallest absolute Gasteiger partial charge is 0.152 e. The first-order valence-corrected chi connectivity index (χ1v) is 5.45. The van der Waals surface area contributed by atoms with E-state index < -0.39 is 9.84 Å². The molecule has 1 aliphatic rings. The molecule has 1 fully saturated rings. The molecule has 1 heterocycles. The average Bonchev–Trinajstić information content (AvgIpc) is 1.81. The lowest BCUT2D eigenvalue weighted by molar-refractivity contribution is 0.464. The van der Waals surface area contributed by atoms with E-state index in [0.29, 0.717) is 11.7 Å². The summed E-state index contributed by atoms with van der Waals surface area (Å²) in [7, 11) is -2.69. The van der Waals surface area contributed by atoms with Gasteiger partial charge in [0.2, 0.25) is 0 Å². The van der Waals surface area contributed by atoms with E-state index in [1.165, 1.54) is 0 Å². The summed E-state index contributed by atoms with van der Waals surface area (Å²) in [5.74, 6) is 0.994. The highest BCUT2D eigenvalue weighted by Crippen LogP contribution is 2.23. The van der Waals surface area contributed by atoms with Gasteiger partial charge in [0.25, 0.3) is 0 Å². The molecular weight excluding hydrogens is 148 g/mol. The third-order valence-corrected chi connectivity index (χ3v) is 4.47. The van der Waals surface area contributed by atoms with Crippen LogP contribution in [0.2, 0.25) is 0 Å². The zero-order valence-electron chi connectivity index (χ0n) is 6.50. The van der Waals surface area contributed by atoms with Gasteiger partial charge in [0.1, 0.15) is 0 Å². The molecule has 0 bridgehead atoms. The van der Waals surface area contributed by atoms with E-state index in [2.05, 4.69) is 6.92 Å². The van der Waals surface area contributed by atoms with Crippen LogP contribution in [0.15, 0.2) is 0 Å². The monoisotopic (exact) mass is 162 g/mol. The molecule has 0 aliphatic carbocycles. The van der Waals surface area contributed by atoms with Crippen molar-refractivity contribution in [3.8, 4) is 0 Å². The molecule has 2 atom stereocenters. The Labute approximate surface area is 62.5 Å². The molecule has 0 aromatic rings. The Morgan fingerprint density at radius 2 is 1.90 bits per heavy atom. The van der Waals surface area contributed by atoms with Gasteiger partial charge in [-0.3, -0.25) is 0 Å². The van der Waals surface area contributed by atoms with Crippen LogP contribution >= 0.6 is 0 Å². The molecule has 1 rings (SSSR count). The number of hydrogen-bond acceptors (Lipinski definition) is 2. The normalized spacial score (nSPS) is 39.4. The van der Waals surface area contributed by atoms with Gasteiger partial charge in [0.05, 0.1) is 11.0 Å². The van der Waals surface area contributed by atoms with E-state index in [1.54, 1.807) is 0 Å². The topological polar surface area (TPSA) is 34.1 Å². The third-order valence-electron chi connectivity index (χ3n) is 2.24. The van der Waals surface area contributed by atoms with Crippen molar-refractivity contribution in [1.82, 2.24) is 0 Å². The molecule has 1 saturated heterocycles. The van der Waals surface area contributed by atoms with Crippen LogP contribution < -0.4 is 0 Å². The predicted octanol–water partition coefficient (Wildman–Crippen LogP) is 1.22. The lowest BCUT2D eigenvalue weighted by Gasteiger charge is -2.23. The Hall–Kier alpha value is -0.0500. The summed E-state index contributed by atoms with van der Waals surface area (Å²) in [4.78, 5) is 0. The Bertz CT molecular complexity index is 206. The van der Waals surface area contributed by atoms with Crippen molar-refractivity contribution < 1.29 is 8.42 Å². The highest BCUT2D eigenvalue weighted by molar-refractivity contribution is 7.92. The second kappa shape index (κ2) is 2.53. The lowest BCUT2D eigenvalue weighted by Crippen LogP contribution is -2.29. The van der Waals surface area contributed by atoms with Gasteiger partial charge in [0.15, 0.2) is 9.84 Å². The summed E-state index contributed by atoms with van der Waals surface area (Å²) in [5.41, 5.74) is 0. The van der Waals surface area contributed by atoms with Crippen molar-refractivity contribution in [2.24, 2.45) is 5.92 Å². The summed E-state index contributed by atoms with van der Waals surface area (Å²) in [6, 6.07) is 0. The number of hydrogen-bond donors (Lipinski definition) is 0. The van der Waals surface area contributed by atoms with Crippen molar-refractivity contribution in [3.05, 3.63) is 0 Å². The van der Waals surface area contributed by atoms with Crippen LogP contribution in [0.3, 0.4) is 0 Å². The first kappa shape index (κ1) is 8.05. The van der Waals surface area contributed by atoms with Gasteiger partial charge < -0.3 is 0 Å². The molecule has 2 nitrogen and oxygen atoms in total. The molecule has 0 saturated carbocycles. The van der Waals surface area contributed by atoms with Crippen LogP contribution in [0.4, 0.5) is 0 Å². The molecule has 0 radical (unpaired) electrons. The van der Waals surface area contributed by atoms with Crippen molar-refractivity contribution in [1.29, 1.82) is 0 Å². The van der Waals surface area contributed by atoms with E-state index in [0.717, 1.165) is 12.8 Å². The van der Waals surface area contributed by atoms with Crippen LogP contribution in [0, 0.1) is 5.92 Å². The van der Waals surface area contributed by atoms with Gasteiger partial charge in [-0.1, -0.05) is 6.92 Å². The minimum atomic E-state index is -2.69. The van der Waals surface area contributed by atoms with Crippen molar-refractivity contribution >= 4 is 9.84 Å². The molecule has 0 spiro atoms. The Kier molecular flexibility index (Phi) is 2.04. The zero-order valence-corrected chi connectivity index (χ0v) is 7.32. The van der Waals surface area contributed by atoms with Gasteiger partial charge in [-0.05, 0) is 25.7 Å². The first-order valence-electron chi connectivity index (χ1n) is 3.74. The molecule has 0 aromatic heterocycles. The van der Waals surface area contributed by atoms with E-state index in [9.17, 15) is 8.42 Å². The standard InChI is InChI=1S/C7H14O2S/c1-6-3-4-10(8,9)7(2)5-6/h6-7H,3-5H2,1-2H3. The van der Waals surface area contributed by atoms with Crippen LogP contribution in [0.5, 0.6) is 0 Å². The summed E-state index contributed by atoms with van der Waals surface area (Å²) in [6.45, 7) is 3.93. The minimum absolute atomic E-state index is 0.101. The maximum absolute atomic E-state index is 11.1. The van der Waals surface area contributed by atoms with Crippen LogP contribution in [-0.4, -0.2) is 19.4 Å². The molecule has 0 amide bonds. The van der Waals surface area contributed by atoms with E-state index in [1.807, 2.05) is 6.92 Å². The lowest BCUT2D eigenvalue weighted by atomic mass is 10.0. The quantitative estimate of drug-likeness (QED) is 0.536. The second-order valence-corrected chi connectivity index (χ2v) is 5.85. The predicted molar refractivity (Wildman–Crippen MR) is 41.6 cm³/mol. The molecule has 3 heteroatoms. The summed E-state index contributed by atoms with van der Waals surface area (Å²) < 4.78 is 22.3. The fourth-order valence-electron chi connectivity index (χ4n) is 1.40. The van der Waals surface area contributed by atoms with Gasteiger partial charge in [0, 0.05) is 0 Å². The van der Waals surface area contributed by atoms with Crippen LogP contribution in [0.1, 0.15) is 26.7 Å². The largest absolute Gasteiger partial charge is 0.229 e. The van der Waals surface area contributed by atoms with Gasteiger partial charge in [-0.2, -0.15) is 0 Å². The van der Waals surface area contributed by atoms with Crippen LogP contribution in [0.25, 0.3) is 0 Å². The SMILES string of the molecule is CC1CCS(=O)(=O)C(C)C1. The number of sulfone groups is 1. The average molecular weight is 162 g/mol. The maximum Gasteiger partial charge on any atom is 0.152 e. The molecular formula is C7H14O2S. The maximum atomic E-state index is 11.1. The van der Waals surface area contributed by atoms with E-state index >= 15 is 0 Å². The highest BCUT2D eigenvalue weighted by Gasteiger charge is 2.28. The fraction of sp³-hybridized carbons (Fsp3) is 1.00. The third kappa shape index (κ3) is 1.51. The van der Waals surface area contributed by atoms with Crippen molar-refractivity contribution in [3.63, 3.8) is 0 Å². The summed E-state index contributed by atoms with van der Waals surface area (Å²) in [6.07, 6.45) is 1.70. The van der Waals surface area contributed by atoms with Gasteiger partial charge in [-0.25, -0.2) is 8.42 Å². The van der Waals surface area contributed by atoms with E-state index in [4.69, 9.17) is 0 Å². The molecule has 2 unspecified atom stereocenters. The highest BCUT2D eigenvalue weighted by atomic mass is 32.2. The zero-order chi connectivity index (χ0) is 7.78. The molecule has 0 N–H and O–H groups in total. The summed E-state index contributed by atoms with van der Waals surface area (Å²) >= 11 is 0. The molecule has 10 heavy (non-hydrogen) atoms. The first-order chi connectivity index (χ1) is 4.52. The Balaban J connectivity index is 2.70. The minimum Gasteiger partial charge on any atom is -0.229 e. The second-order valence-electron chi connectivity index (χ2n) is 3.31. The number of rotatable bonds is 0. The Morgan fingerprint density at radius 1 is 1.30 bits per heavy atom. The van der Waals surface area contributed by atoms with Gasteiger partial charge in [-0.15, -0.1) is 0 Å². The molecule has 0 aromatic carbocycles. The molecule has 60 valence electrons. The van der Waals surface area contributed by atoms with Crippen molar-refractivity contribution in [2.75, 3.05) is 5.75 Å². The van der Waals surface area contributed by atoms with Gasteiger partial charge >= 0.3 is 0 Å². The van der Waals surface area contributed by atoms with E-state index in [-0.39, 0.29) is 5.25 Å². The van der Waals surface area contributed by atoms with Crippen LogP contribution in [-0.2, 0) is 9.84 Å². The molecule has 1 aliphatic heterocycles. The van der Waals surface area contributed by atoms with Crippen molar-refractivity contribution in [2.45, 2.75) is 31.9 Å². The summed E-state index contributed by atoms with van der Waals surface area (Å²) in [5, 5.41) is -0.101.